The zero-order valence-electron chi connectivity index (χ0n) is 15.5. The molecule has 0 radical (unpaired) electrons. The maximum Gasteiger partial charge on any atom is 0.137 e. The van der Waals surface area contributed by atoms with Crippen LogP contribution in [0.3, 0.4) is 0 Å². The molecule has 2 saturated carbocycles. The molecule has 2 rings (SSSR count). The smallest absolute Gasteiger partial charge is 0.137 e. The Bertz CT molecular complexity index is 302. The molecule has 0 aliphatic heterocycles. The van der Waals surface area contributed by atoms with Gasteiger partial charge >= 0.3 is 0 Å². The fourth-order valence-electron chi connectivity index (χ4n) is 2.47. The second-order valence-corrected chi connectivity index (χ2v) is 5.86. The minimum Gasteiger partial charge on any atom is -0.412 e. The van der Waals surface area contributed by atoms with Crippen molar-refractivity contribution in [2.24, 2.45) is 11.5 Å². The molecule has 14 nitrogen and oxygen atoms in total. The Kier molecular flexibility index (Phi) is 39.6. The van der Waals surface area contributed by atoms with Gasteiger partial charge in [0.15, 0.2) is 0 Å². The molecule has 0 spiro atoms. The van der Waals surface area contributed by atoms with E-state index in [2.05, 4.69) is 11.5 Å². The summed E-state index contributed by atoms with van der Waals surface area (Å²) in [4.78, 5) is 16.5. The van der Waals surface area contributed by atoms with Gasteiger partial charge in [0.1, 0.15) is 12.1 Å². The maximum atomic E-state index is 8.25. The summed E-state index contributed by atoms with van der Waals surface area (Å²) in [7, 11) is 0. The molecule has 0 aromatic heterocycles. The van der Waals surface area contributed by atoms with Gasteiger partial charge in [-0.05, 0) is 25.7 Å². The summed E-state index contributed by atoms with van der Waals surface area (Å²) < 4.78 is 0. The summed E-state index contributed by atoms with van der Waals surface area (Å²) in [5.41, 5.74) is 19.3. The summed E-state index contributed by atoms with van der Waals surface area (Å²) >= 11 is 0. The van der Waals surface area contributed by atoms with Crippen molar-refractivity contribution in [1.82, 2.24) is 0 Å². The fourth-order valence-corrected chi connectivity index (χ4v) is 2.47. The molecule has 0 bridgehead atoms. The average molecular weight is 781 g/mol. The largest absolute Gasteiger partial charge is 0.412 e. The van der Waals surface area contributed by atoms with E-state index in [4.69, 9.17) is 42.1 Å². The fraction of sp³-hybridized carbons (Fsp3) is 1.00. The number of hydrogen-bond donors (Lipinski definition) is 4. The molecule has 0 amide bonds. The summed E-state index contributed by atoms with van der Waals surface area (Å²) in [6.45, 7) is 0. The Hall–Kier alpha value is -0.463. The molecule has 0 aromatic rings. The van der Waals surface area contributed by atoms with E-state index in [9.17, 15) is 0 Å². The minimum absolute atomic E-state index is 0. The molecule has 2 aliphatic rings. The van der Waals surface area contributed by atoms with Crippen LogP contribution in [0, 0.1) is 30.6 Å². The van der Waals surface area contributed by atoms with Gasteiger partial charge in [0.2, 0.25) is 0 Å². The molecule has 16 heteroatoms. The van der Waals surface area contributed by atoms with Gasteiger partial charge in [-0.3, -0.25) is 0 Å². The average Bonchev–Trinajstić information content (AvgIpc) is 2.45. The first kappa shape index (κ1) is 41.8. The van der Waals surface area contributed by atoms with Crippen LogP contribution in [0.4, 0.5) is 0 Å². The molecule has 180 valence electrons. The van der Waals surface area contributed by atoms with Crippen LogP contribution in [-0.4, -0.2) is 45.3 Å². The van der Waals surface area contributed by atoms with Crippen molar-refractivity contribution >= 4 is 0 Å². The SMILES string of the molecule is NC1CCCCC1N.O.O.O=[N+]([O-])[O-].O=[N+]([O-])[O-].[NH3+]C1CCCCC1[NH3+].[Pt].[Pt]. The summed E-state index contributed by atoms with van der Waals surface area (Å²) in [5, 5.41) is 29.5. The molecule has 0 saturated heterocycles. The predicted molar refractivity (Wildman–Crippen MR) is 94.2 cm³/mol. The van der Waals surface area contributed by atoms with E-state index in [-0.39, 0.29) is 65.2 Å². The topological polar surface area (TPSA) is 303 Å². The van der Waals surface area contributed by atoms with Crippen molar-refractivity contribution in [3.63, 3.8) is 0 Å². The monoisotopic (exact) mass is 780 g/mol. The van der Waals surface area contributed by atoms with Crippen molar-refractivity contribution in [1.29, 1.82) is 0 Å². The summed E-state index contributed by atoms with van der Waals surface area (Å²) in [6, 6.07) is 1.85. The number of quaternary nitrogens is 2. The van der Waals surface area contributed by atoms with Gasteiger partial charge in [-0.2, -0.15) is 0 Å². The molecule has 4 atom stereocenters. The third-order valence-electron chi connectivity index (χ3n) is 3.94. The van der Waals surface area contributed by atoms with E-state index in [1.807, 2.05) is 0 Å². The second kappa shape index (κ2) is 26.5. The molecule has 14 N–H and O–H groups in total. The van der Waals surface area contributed by atoms with E-state index < -0.39 is 10.2 Å². The van der Waals surface area contributed by atoms with Crippen molar-refractivity contribution in [3.05, 3.63) is 30.6 Å². The van der Waals surface area contributed by atoms with E-state index in [1.165, 1.54) is 38.5 Å². The molecule has 28 heavy (non-hydrogen) atoms. The quantitative estimate of drug-likeness (QED) is 0.144. The normalized spacial score (nSPS) is 24.4. The van der Waals surface area contributed by atoms with Gasteiger partial charge in [0.25, 0.3) is 0 Å². The maximum absolute atomic E-state index is 8.25. The van der Waals surface area contributed by atoms with E-state index in [0.29, 0.717) is 12.1 Å². The number of rotatable bonds is 0. The van der Waals surface area contributed by atoms with Crippen LogP contribution in [0.15, 0.2) is 0 Å². The first-order valence-electron chi connectivity index (χ1n) is 7.88. The predicted octanol–water partition coefficient (Wildman–Crippen LogP) is -3.14. The second-order valence-electron chi connectivity index (χ2n) is 5.86. The first-order chi connectivity index (χ1) is 11.1. The summed E-state index contributed by atoms with van der Waals surface area (Å²) in [5.74, 6) is 0. The van der Waals surface area contributed by atoms with Gasteiger partial charge in [0, 0.05) is 67.1 Å². The third kappa shape index (κ3) is 33.1. The Morgan fingerprint density at radius 2 is 0.821 bits per heavy atom. The molecule has 2 fully saturated rings. The van der Waals surface area contributed by atoms with Gasteiger partial charge in [-0.25, -0.2) is 0 Å². The Morgan fingerprint density at radius 3 is 0.964 bits per heavy atom. The van der Waals surface area contributed by atoms with Crippen molar-refractivity contribution in [3.8, 4) is 0 Å². The molecular formula is C12H34N6O8Pt2. The van der Waals surface area contributed by atoms with Gasteiger partial charge in [-0.15, -0.1) is 0 Å². The van der Waals surface area contributed by atoms with E-state index in [1.54, 1.807) is 0 Å². The van der Waals surface area contributed by atoms with Crippen molar-refractivity contribution in [2.45, 2.75) is 75.5 Å². The molecular weight excluding hydrogens is 746 g/mol. The molecule has 4 unspecified atom stereocenters. The molecule has 0 heterocycles. The van der Waals surface area contributed by atoms with Crippen LogP contribution in [-0.2, 0) is 42.1 Å². The zero-order chi connectivity index (χ0) is 19.1. The van der Waals surface area contributed by atoms with Crippen LogP contribution in [0.5, 0.6) is 0 Å². The van der Waals surface area contributed by atoms with Gasteiger partial charge in [-0.1, -0.05) is 12.8 Å². The van der Waals surface area contributed by atoms with Gasteiger partial charge < -0.3 is 64.5 Å². The van der Waals surface area contributed by atoms with E-state index >= 15 is 0 Å². The van der Waals surface area contributed by atoms with Crippen LogP contribution >= 0.6 is 0 Å². The number of nitrogens with two attached hydrogens (primary N) is 2. The Labute approximate surface area is 192 Å². The summed E-state index contributed by atoms with van der Waals surface area (Å²) in [6.07, 6.45) is 10.1. The zero-order valence-corrected chi connectivity index (χ0v) is 20.1. The van der Waals surface area contributed by atoms with Crippen LogP contribution < -0.4 is 22.9 Å². The first-order valence-corrected chi connectivity index (χ1v) is 7.88. The molecule has 2 aliphatic carbocycles. The number of nitrogens with zero attached hydrogens (tertiary/aromatic N) is 2. The third-order valence-corrected chi connectivity index (χ3v) is 3.94. The standard InChI is InChI=1S/2C6H14N2.2NO3.2H2O.2Pt/c2*7-5-3-1-2-4-6(5)8;2*2-1(3)4;;;;/h2*5-6H,1-4,7-8H2;;;2*1H2;;/q;;2*-1;;;;/p+2. The van der Waals surface area contributed by atoms with Crippen LogP contribution in [0.1, 0.15) is 51.4 Å². The Morgan fingerprint density at radius 1 is 0.643 bits per heavy atom. The number of hydrogen-bond acceptors (Lipinski definition) is 8. The minimum atomic E-state index is -1.75. The Balaban J connectivity index is -0.0000000577. The van der Waals surface area contributed by atoms with Crippen molar-refractivity contribution < 1.29 is 74.7 Å². The van der Waals surface area contributed by atoms with E-state index in [0.717, 1.165) is 12.8 Å². The van der Waals surface area contributed by atoms with Crippen LogP contribution in [0.25, 0.3) is 0 Å². The van der Waals surface area contributed by atoms with Crippen molar-refractivity contribution in [2.75, 3.05) is 0 Å². The molecule has 0 aromatic carbocycles. The van der Waals surface area contributed by atoms with Crippen LogP contribution in [0.2, 0.25) is 0 Å². The van der Waals surface area contributed by atoms with Gasteiger partial charge in [0.05, 0.1) is 10.2 Å².